The number of methoxy groups -OCH3 is 1. The van der Waals surface area contributed by atoms with E-state index < -0.39 is 0 Å². The van der Waals surface area contributed by atoms with E-state index in [1.165, 1.54) is 28.8 Å². The number of hydrogen-bond donors (Lipinski definition) is 0. The zero-order chi connectivity index (χ0) is 18.0. The van der Waals surface area contributed by atoms with Crippen LogP contribution in [0, 0.1) is 11.8 Å². The van der Waals surface area contributed by atoms with Crippen LogP contribution in [0.5, 0.6) is 5.75 Å². The molecule has 0 aliphatic carbocycles. The summed E-state index contributed by atoms with van der Waals surface area (Å²) in [7, 11) is 1.69. The first-order chi connectivity index (χ1) is 12.0. The molecule has 0 radical (unpaired) electrons. The number of rotatable bonds is 5. The fraction of sp³-hybridized carbons (Fsp3) is 0.429. The van der Waals surface area contributed by atoms with E-state index in [9.17, 15) is 4.91 Å². The Hall–Kier alpha value is -2.36. The summed E-state index contributed by atoms with van der Waals surface area (Å²) in [6, 6.07) is 11.0. The number of nitroso groups, excluding NO2 is 1. The Labute approximate surface area is 149 Å². The van der Waals surface area contributed by atoms with Crippen LogP contribution in [0.15, 0.2) is 35.5 Å². The number of hydrogen-bond acceptors (Lipinski definition) is 4. The first kappa shape index (κ1) is 17.5. The SMILES string of the molecule is COc1ccc(CN=O)cc1-c1cc2c(cc1C)N(C(C)C)CCC2. The van der Waals surface area contributed by atoms with Gasteiger partial charge in [-0.15, -0.1) is 0 Å². The van der Waals surface area contributed by atoms with Gasteiger partial charge in [0.05, 0.1) is 7.11 Å². The van der Waals surface area contributed by atoms with E-state index in [0.29, 0.717) is 6.04 Å². The van der Waals surface area contributed by atoms with Crippen LogP contribution in [-0.4, -0.2) is 19.7 Å². The molecule has 2 aromatic rings. The minimum absolute atomic E-state index is 0.183. The second-order valence-corrected chi connectivity index (χ2v) is 7.01. The quantitative estimate of drug-likeness (QED) is 0.712. The lowest BCUT2D eigenvalue weighted by atomic mass is 9.91. The lowest BCUT2D eigenvalue weighted by molar-refractivity contribution is 0.416. The van der Waals surface area contributed by atoms with Gasteiger partial charge in [0.25, 0.3) is 0 Å². The highest BCUT2D eigenvalue weighted by Gasteiger charge is 2.21. The average molecular weight is 338 g/mol. The van der Waals surface area contributed by atoms with Crippen LogP contribution < -0.4 is 9.64 Å². The predicted molar refractivity (Wildman–Crippen MR) is 103 cm³/mol. The summed E-state index contributed by atoms with van der Waals surface area (Å²) in [6.45, 7) is 7.94. The molecule has 0 saturated heterocycles. The molecule has 0 fully saturated rings. The number of benzene rings is 2. The van der Waals surface area contributed by atoms with Crippen LogP contribution in [-0.2, 0) is 13.0 Å². The van der Waals surface area contributed by atoms with Gasteiger partial charge in [0, 0.05) is 23.8 Å². The Kier molecular flexibility index (Phi) is 5.07. The van der Waals surface area contributed by atoms with Crippen molar-refractivity contribution in [2.45, 2.75) is 46.2 Å². The number of aryl methyl sites for hydroxylation is 2. The van der Waals surface area contributed by atoms with Gasteiger partial charge in [-0.3, -0.25) is 0 Å². The third kappa shape index (κ3) is 3.39. The molecule has 132 valence electrons. The molecule has 0 atom stereocenters. The molecule has 0 unspecified atom stereocenters. The molecule has 2 aromatic carbocycles. The van der Waals surface area contributed by atoms with E-state index in [-0.39, 0.29) is 6.54 Å². The first-order valence-corrected chi connectivity index (χ1v) is 8.91. The second kappa shape index (κ2) is 7.26. The van der Waals surface area contributed by atoms with Gasteiger partial charge >= 0.3 is 0 Å². The highest BCUT2D eigenvalue weighted by Crippen LogP contribution is 2.39. The van der Waals surface area contributed by atoms with Gasteiger partial charge in [-0.1, -0.05) is 11.2 Å². The summed E-state index contributed by atoms with van der Waals surface area (Å²) in [6.07, 6.45) is 2.28. The van der Waals surface area contributed by atoms with Gasteiger partial charge in [0.2, 0.25) is 0 Å². The molecule has 1 aliphatic heterocycles. The van der Waals surface area contributed by atoms with Crippen molar-refractivity contribution in [1.29, 1.82) is 0 Å². The highest BCUT2D eigenvalue weighted by atomic mass is 16.5. The molecule has 0 N–H and O–H groups in total. The molecule has 1 aliphatic rings. The molecule has 0 saturated carbocycles. The first-order valence-electron chi connectivity index (χ1n) is 8.91. The van der Waals surface area contributed by atoms with Gasteiger partial charge in [0.1, 0.15) is 12.3 Å². The topological polar surface area (TPSA) is 41.9 Å². The Balaban J connectivity index is 2.12. The largest absolute Gasteiger partial charge is 0.496 e. The van der Waals surface area contributed by atoms with E-state index >= 15 is 0 Å². The van der Waals surface area contributed by atoms with Gasteiger partial charge in [-0.05, 0) is 80.1 Å². The number of ether oxygens (including phenoxy) is 1. The Morgan fingerprint density at radius 1 is 1.20 bits per heavy atom. The third-order valence-electron chi connectivity index (χ3n) is 5.00. The van der Waals surface area contributed by atoms with E-state index in [4.69, 9.17) is 4.74 Å². The van der Waals surface area contributed by atoms with E-state index in [1.807, 2.05) is 18.2 Å². The molecule has 0 aromatic heterocycles. The maximum absolute atomic E-state index is 10.6. The number of anilines is 1. The molecule has 1 heterocycles. The minimum Gasteiger partial charge on any atom is -0.496 e. The fourth-order valence-electron chi connectivity index (χ4n) is 3.73. The van der Waals surface area contributed by atoms with Crippen molar-refractivity contribution in [1.82, 2.24) is 0 Å². The van der Waals surface area contributed by atoms with Gasteiger partial charge in [0.15, 0.2) is 0 Å². The lowest BCUT2D eigenvalue weighted by Crippen LogP contribution is -2.35. The molecule has 0 amide bonds. The summed E-state index contributed by atoms with van der Waals surface area (Å²) in [5.74, 6) is 0.828. The fourth-order valence-corrected chi connectivity index (χ4v) is 3.73. The van der Waals surface area contributed by atoms with Crippen LogP contribution in [0.4, 0.5) is 5.69 Å². The average Bonchev–Trinajstić information content (AvgIpc) is 2.60. The smallest absolute Gasteiger partial charge is 0.126 e. The van der Waals surface area contributed by atoms with Crippen molar-refractivity contribution < 1.29 is 4.74 Å². The molecular formula is C21H26N2O2. The molecule has 0 bridgehead atoms. The van der Waals surface area contributed by atoms with Crippen LogP contribution in [0.2, 0.25) is 0 Å². The Morgan fingerprint density at radius 2 is 2.00 bits per heavy atom. The zero-order valence-corrected chi connectivity index (χ0v) is 15.5. The zero-order valence-electron chi connectivity index (χ0n) is 15.5. The number of fused-ring (bicyclic) bond motifs is 1. The van der Waals surface area contributed by atoms with Gasteiger partial charge < -0.3 is 9.64 Å². The van der Waals surface area contributed by atoms with Crippen molar-refractivity contribution in [3.05, 3.63) is 51.9 Å². The molecule has 4 heteroatoms. The molecule has 3 rings (SSSR count). The molecular weight excluding hydrogens is 312 g/mol. The minimum atomic E-state index is 0.183. The van der Waals surface area contributed by atoms with Crippen LogP contribution in [0.3, 0.4) is 0 Å². The number of nitrogens with zero attached hydrogens (tertiary/aromatic N) is 2. The molecule has 0 spiro atoms. The van der Waals surface area contributed by atoms with Crippen LogP contribution in [0.1, 0.15) is 37.0 Å². The Bertz CT molecular complexity index is 784. The van der Waals surface area contributed by atoms with Crippen LogP contribution >= 0.6 is 0 Å². The summed E-state index contributed by atoms with van der Waals surface area (Å²) in [5, 5.41) is 3.02. The summed E-state index contributed by atoms with van der Waals surface area (Å²) in [4.78, 5) is 13.1. The standard InChI is InChI=1S/C21H26N2O2/c1-14(2)23-9-5-6-17-12-18(15(3)10-20(17)23)19-11-16(13-22-24)7-8-21(19)25-4/h7-8,10-12,14H,5-6,9,13H2,1-4H3. The van der Waals surface area contributed by atoms with Gasteiger partial charge in [-0.25, -0.2) is 0 Å². The Morgan fingerprint density at radius 3 is 2.68 bits per heavy atom. The van der Waals surface area contributed by atoms with Crippen LogP contribution in [0.25, 0.3) is 11.1 Å². The summed E-state index contributed by atoms with van der Waals surface area (Å²) >= 11 is 0. The summed E-state index contributed by atoms with van der Waals surface area (Å²) < 4.78 is 5.57. The lowest BCUT2D eigenvalue weighted by Gasteiger charge is -2.35. The maximum Gasteiger partial charge on any atom is 0.126 e. The normalized spacial score (nSPS) is 13.7. The monoisotopic (exact) mass is 338 g/mol. The van der Waals surface area contributed by atoms with E-state index in [1.54, 1.807) is 7.11 Å². The van der Waals surface area contributed by atoms with Gasteiger partial charge in [-0.2, -0.15) is 4.91 Å². The molecule has 25 heavy (non-hydrogen) atoms. The van der Waals surface area contributed by atoms with Crippen molar-refractivity contribution in [2.24, 2.45) is 5.18 Å². The van der Waals surface area contributed by atoms with Crippen molar-refractivity contribution >= 4 is 5.69 Å². The maximum atomic E-state index is 10.6. The summed E-state index contributed by atoms with van der Waals surface area (Å²) in [5.41, 5.74) is 7.08. The molecule has 4 nitrogen and oxygen atoms in total. The van der Waals surface area contributed by atoms with E-state index in [0.717, 1.165) is 29.8 Å². The van der Waals surface area contributed by atoms with E-state index in [2.05, 4.69) is 43.0 Å². The van der Waals surface area contributed by atoms with Crippen molar-refractivity contribution in [3.8, 4) is 16.9 Å². The van der Waals surface area contributed by atoms with Crippen molar-refractivity contribution in [2.75, 3.05) is 18.6 Å². The predicted octanol–water partition coefficient (Wildman–Crippen LogP) is 5.10. The second-order valence-electron chi connectivity index (χ2n) is 7.01. The highest BCUT2D eigenvalue weighted by molar-refractivity contribution is 5.78. The van der Waals surface area contributed by atoms with Crippen molar-refractivity contribution in [3.63, 3.8) is 0 Å². The third-order valence-corrected chi connectivity index (χ3v) is 5.00.